The van der Waals surface area contributed by atoms with E-state index in [1.165, 1.54) is 12.1 Å². The Morgan fingerprint density at radius 1 is 1.09 bits per heavy atom. The van der Waals surface area contributed by atoms with Crippen LogP contribution in [-0.2, 0) is 4.79 Å². The molecule has 0 saturated heterocycles. The summed E-state index contributed by atoms with van der Waals surface area (Å²) in [5, 5.41) is 13.9. The average Bonchev–Trinajstić information content (AvgIpc) is 2.53. The van der Waals surface area contributed by atoms with E-state index < -0.39 is 24.5 Å². The van der Waals surface area contributed by atoms with E-state index in [-0.39, 0.29) is 12.0 Å². The van der Waals surface area contributed by atoms with Gasteiger partial charge in [0.15, 0.2) is 0 Å². The molecule has 5 nitrogen and oxygen atoms in total. The number of carboxylic acids is 1. The lowest BCUT2D eigenvalue weighted by molar-refractivity contribution is -0.142. The van der Waals surface area contributed by atoms with Gasteiger partial charge in [-0.25, -0.2) is 13.6 Å². The fraction of sp³-hybridized carbons (Fsp3) is 0.500. The zero-order valence-corrected chi connectivity index (χ0v) is 12.5. The molecular weight excluding hydrogens is 306 g/mol. The second kappa shape index (κ2) is 7.89. The van der Waals surface area contributed by atoms with Crippen molar-refractivity contribution in [3.8, 4) is 0 Å². The van der Waals surface area contributed by atoms with Gasteiger partial charge in [-0.2, -0.15) is 0 Å². The highest BCUT2D eigenvalue weighted by molar-refractivity contribution is 5.75. The van der Waals surface area contributed by atoms with Crippen LogP contribution < -0.4 is 10.6 Å². The topological polar surface area (TPSA) is 78.4 Å². The van der Waals surface area contributed by atoms with Crippen LogP contribution >= 0.6 is 0 Å². The molecule has 1 atom stereocenters. The number of alkyl halides is 2. The summed E-state index contributed by atoms with van der Waals surface area (Å²) in [6, 6.07) is 5.86. The Morgan fingerprint density at radius 2 is 1.70 bits per heavy atom. The van der Waals surface area contributed by atoms with Crippen molar-refractivity contribution in [3.63, 3.8) is 0 Å². The fourth-order valence-electron chi connectivity index (χ4n) is 2.81. The maximum absolute atomic E-state index is 13.2. The summed E-state index contributed by atoms with van der Waals surface area (Å²) in [6.07, 6.45) is -0.676. The number of carboxylic acid groups (broad SMARTS) is 1. The Morgan fingerprint density at radius 3 is 2.22 bits per heavy atom. The molecular formula is C16H20F2N2O3. The van der Waals surface area contributed by atoms with Gasteiger partial charge in [0.25, 0.3) is 6.43 Å². The number of benzene rings is 1. The number of carbonyl (C=O) groups excluding carboxylic acids is 1. The first-order valence-electron chi connectivity index (χ1n) is 7.60. The number of carbonyl (C=O) groups is 2. The average molecular weight is 326 g/mol. The number of hydrogen-bond donors (Lipinski definition) is 3. The number of halogens is 2. The summed E-state index contributed by atoms with van der Waals surface area (Å²) in [7, 11) is 0. The third-order valence-electron chi connectivity index (χ3n) is 4.11. The molecule has 1 saturated carbocycles. The number of aliphatic carboxylic acids is 1. The van der Waals surface area contributed by atoms with E-state index in [9.17, 15) is 18.4 Å². The summed E-state index contributed by atoms with van der Waals surface area (Å²) in [5.41, 5.74) is 0.340. The van der Waals surface area contributed by atoms with E-state index in [0.29, 0.717) is 31.2 Å². The first-order chi connectivity index (χ1) is 11.0. The van der Waals surface area contributed by atoms with Crippen LogP contribution in [0.2, 0.25) is 0 Å². The Hall–Kier alpha value is -2.18. The molecule has 0 spiro atoms. The number of amides is 2. The van der Waals surface area contributed by atoms with Crippen molar-refractivity contribution in [2.24, 2.45) is 5.92 Å². The lowest BCUT2D eigenvalue weighted by Crippen LogP contribution is -2.46. The van der Waals surface area contributed by atoms with Crippen LogP contribution in [0.3, 0.4) is 0 Å². The zero-order valence-electron chi connectivity index (χ0n) is 12.5. The van der Waals surface area contributed by atoms with Gasteiger partial charge >= 0.3 is 12.0 Å². The first kappa shape index (κ1) is 17.2. The second-order valence-corrected chi connectivity index (χ2v) is 5.73. The summed E-state index contributed by atoms with van der Waals surface area (Å²) in [5.74, 6) is -1.20. The minimum Gasteiger partial charge on any atom is -0.481 e. The molecule has 1 aliphatic carbocycles. The predicted molar refractivity (Wildman–Crippen MR) is 80.2 cm³/mol. The molecule has 1 aromatic rings. The quantitative estimate of drug-likeness (QED) is 0.778. The SMILES string of the molecule is O=C(NC1CCC(C(=O)O)CC1)NC(c1ccccc1)C(F)F. The largest absolute Gasteiger partial charge is 0.481 e. The summed E-state index contributed by atoms with van der Waals surface area (Å²) in [6.45, 7) is 0. The van der Waals surface area contributed by atoms with Crippen LogP contribution in [0.15, 0.2) is 30.3 Å². The van der Waals surface area contributed by atoms with Crippen molar-refractivity contribution in [2.45, 2.75) is 44.2 Å². The maximum Gasteiger partial charge on any atom is 0.315 e. The Kier molecular flexibility index (Phi) is 5.90. The molecule has 0 aromatic heterocycles. The van der Waals surface area contributed by atoms with Crippen LogP contribution in [0.25, 0.3) is 0 Å². The van der Waals surface area contributed by atoms with E-state index in [1.807, 2.05) is 0 Å². The van der Waals surface area contributed by atoms with Crippen molar-refractivity contribution in [1.29, 1.82) is 0 Å². The van der Waals surface area contributed by atoms with Crippen LogP contribution in [0.5, 0.6) is 0 Å². The van der Waals surface area contributed by atoms with E-state index in [1.54, 1.807) is 18.2 Å². The van der Waals surface area contributed by atoms with Crippen LogP contribution in [0.4, 0.5) is 13.6 Å². The molecule has 0 aliphatic heterocycles. The predicted octanol–water partition coefficient (Wildman–Crippen LogP) is 2.94. The summed E-state index contributed by atoms with van der Waals surface area (Å²) >= 11 is 0. The van der Waals surface area contributed by atoms with E-state index in [0.717, 1.165) is 0 Å². The van der Waals surface area contributed by atoms with Gasteiger partial charge in [-0.1, -0.05) is 30.3 Å². The van der Waals surface area contributed by atoms with Gasteiger partial charge in [-0.3, -0.25) is 4.79 Å². The van der Waals surface area contributed by atoms with Crippen molar-refractivity contribution in [1.82, 2.24) is 10.6 Å². The standard InChI is InChI=1S/C16H20F2N2O3/c17-14(18)13(10-4-2-1-3-5-10)20-16(23)19-12-8-6-11(7-9-12)15(21)22/h1-5,11-14H,6-9H2,(H,21,22)(H2,19,20,23). The third kappa shape index (κ3) is 4.91. The zero-order chi connectivity index (χ0) is 16.8. The Bertz CT molecular complexity index is 531. The lowest BCUT2D eigenvalue weighted by Gasteiger charge is -2.28. The minimum atomic E-state index is -2.72. The van der Waals surface area contributed by atoms with Crippen molar-refractivity contribution in [3.05, 3.63) is 35.9 Å². The molecule has 3 N–H and O–H groups in total. The monoisotopic (exact) mass is 326 g/mol. The number of urea groups is 1. The Labute approximate surface area is 133 Å². The smallest absolute Gasteiger partial charge is 0.315 e. The number of rotatable bonds is 5. The molecule has 1 fully saturated rings. The molecule has 23 heavy (non-hydrogen) atoms. The minimum absolute atomic E-state index is 0.181. The van der Waals surface area contributed by atoms with Crippen molar-refractivity contribution >= 4 is 12.0 Å². The molecule has 1 aliphatic rings. The van der Waals surface area contributed by atoms with Gasteiger partial charge in [0, 0.05) is 6.04 Å². The van der Waals surface area contributed by atoms with Crippen molar-refractivity contribution in [2.75, 3.05) is 0 Å². The third-order valence-corrected chi connectivity index (χ3v) is 4.11. The molecule has 1 unspecified atom stereocenters. The molecule has 0 bridgehead atoms. The molecule has 7 heteroatoms. The number of hydrogen-bond acceptors (Lipinski definition) is 2. The van der Waals surface area contributed by atoms with Crippen molar-refractivity contribution < 1.29 is 23.5 Å². The van der Waals surface area contributed by atoms with Gasteiger partial charge in [0.05, 0.1) is 5.92 Å². The van der Waals surface area contributed by atoms with E-state index in [2.05, 4.69) is 10.6 Å². The maximum atomic E-state index is 13.2. The van der Waals surface area contributed by atoms with E-state index >= 15 is 0 Å². The normalized spacial score (nSPS) is 22.4. The fourth-order valence-corrected chi connectivity index (χ4v) is 2.81. The highest BCUT2D eigenvalue weighted by Gasteiger charge is 2.28. The highest BCUT2D eigenvalue weighted by Crippen LogP contribution is 2.25. The summed E-state index contributed by atoms with van der Waals surface area (Å²) < 4.78 is 26.3. The van der Waals surface area contributed by atoms with Crippen LogP contribution in [-0.4, -0.2) is 29.6 Å². The molecule has 2 amide bonds. The van der Waals surface area contributed by atoms with Gasteiger partial charge in [-0.05, 0) is 31.2 Å². The molecule has 1 aromatic carbocycles. The molecule has 0 heterocycles. The molecule has 126 valence electrons. The highest BCUT2D eigenvalue weighted by atomic mass is 19.3. The molecule has 2 rings (SSSR count). The second-order valence-electron chi connectivity index (χ2n) is 5.73. The van der Waals surface area contributed by atoms with E-state index in [4.69, 9.17) is 5.11 Å². The van der Waals surface area contributed by atoms with Gasteiger partial charge in [0.2, 0.25) is 0 Å². The number of nitrogens with one attached hydrogen (secondary N) is 2. The van der Waals surface area contributed by atoms with Crippen LogP contribution in [0.1, 0.15) is 37.3 Å². The Balaban J connectivity index is 1.87. The van der Waals surface area contributed by atoms with Gasteiger partial charge < -0.3 is 15.7 Å². The first-order valence-corrected chi connectivity index (χ1v) is 7.60. The lowest BCUT2D eigenvalue weighted by atomic mass is 9.86. The van der Waals surface area contributed by atoms with Crippen LogP contribution in [0, 0.1) is 5.92 Å². The van der Waals surface area contributed by atoms with Gasteiger partial charge in [-0.15, -0.1) is 0 Å². The summed E-state index contributed by atoms with van der Waals surface area (Å²) in [4.78, 5) is 22.8. The molecule has 0 radical (unpaired) electrons. The van der Waals surface area contributed by atoms with Gasteiger partial charge in [0.1, 0.15) is 6.04 Å².